The van der Waals surface area contributed by atoms with Crippen LogP contribution in [0.2, 0.25) is 0 Å². The van der Waals surface area contributed by atoms with E-state index in [1.807, 2.05) is 41.5 Å². The molecule has 1 amide bonds. The predicted octanol–water partition coefficient (Wildman–Crippen LogP) is 3.33. The zero-order chi connectivity index (χ0) is 15.4. The fourth-order valence-corrected chi connectivity index (χ4v) is 1.84. The number of nitrogens with one attached hydrogen (secondary N) is 1. The summed E-state index contributed by atoms with van der Waals surface area (Å²) in [5, 5.41) is 13.2. The van der Waals surface area contributed by atoms with Crippen molar-refractivity contribution in [2.24, 2.45) is 11.3 Å². The van der Waals surface area contributed by atoms with Crippen LogP contribution in [0, 0.1) is 11.3 Å². The zero-order valence-electron chi connectivity index (χ0n) is 13.7. The highest BCUT2D eigenvalue weighted by Gasteiger charge is 2.32. The summed E-state index contributed by atoms with van der Waals surface area (Å²) < 4.78 is 5.25. The van der Waals surface area contributed by atoms with Crippen LogP contribution in [0.5, 0.6) is 0 Å². The van der Waals surface area contributed by atoms with E-state index in [-0.39, 0.29) is 11.5 Å². The number of amides is 1. The van der Waals surface area contributed by atoms with Gasteiger partial charge >= 0.3 is 6.09 Å². The molecule has 0 fully saturated rings. The van der Waals surface area contributed by atoms with E-state index in [2.05, 4.69) is 19.2 Å². The van der Waals surface area contributed by atoms with Crippen molar-refractivity contribution in [2.75, 3.05) is 0 Å². The van der Waals surface area contributed by atoms with Crippen molar-refractivity contribution < 1.29 is 14.6 Å². The monoisotopic (exact) mass is 273 g/mol. The summed E-state index contributed by atoms with van der Waals surface area (Å²) in [7, 11) is 0. The summed E-state index contributed by atoms with van der Waals surface area (Å²) in [5.74, 6) is 0.386. The Balaban J connectivity index is 4.74. The van der Waals surface area contributed by atoms with Gasteiger partial charge in [-0.1, -0.05) is 34.6 Å². The molecule has 0 aromatic heterocycles. The molecule has 0 aliphatic carbocycles. The fraction of sp³-hybridized carbons (Fsp3) is 0.933. The van der Waals surface area contributed by atoms with Gasteiger partial charge in [-0.2, -0.15) is 0 Å². The third-order valence-corrected chi connectivity index (χ3v) is 2.70. The lowest BCUT2D eigenvalue weighted by Gasteiger charge is -2.34. The van der Waals surface area contributed by atoms with E-state index in [4.69, 9.17) is 4.74 Å². The van der Waals surface area contributed by atoms with Gasteiger partial charge in [0.25, 0.3) is 0 Å². The largest absolute Gasteiger partial charge is 0.444 e. The maximum Gasteiger partial charge on any atom is 0.407 e. The van der Waals surface area contributed by atoms with Gasteiger partial charge in [-0.05, 0) is 38.5 Å². The average Bonchev–Trinajstić information content (AvgIpc) is 2.09. The Morgan fingerprint density at radius 1 is 1.16 bits per heavy atom. The van der Waals surface area contributed by atoms with Gasteiger partial charge < -0.3 is 15.2 Å². The average molecular weight is 273 g/mol. The van der Waals surface area contributed by atoms with Crippen LogP contribution in [-0.4, -0.2) is 28.9 Å². The minimum absolute atomic E-state index is 0.283. The van der Waals surface area contributed by atoms with Crippen molar-refractivity contribution in [2.45, 2.75) is 79.6 Å². The van der Waals surface area contributed by atoms with Crippen LogP contribution in [0.4, 0.5) is 4.79 Å². The highest BCUT2D eigenvalue weighted by molar-refractivity contribution is 5.68. The molecule has 0 spiro atoms. The number of aliphatic hydroxyl groups excluding tert-OH is 1. The molecule has 4 nitrogen and oxygen atoms in total. The lowest BCUT2D eigenvalue weighted by atomic mass is 9.82. The van der Waals surface area contributed by atoms with Crippen LogP contribution in [0.15, 0.2) is 0 Å². The summed E-state index contributed by atoms with van der Waals surface area (Å²) in [5.41, 5.74) is -0.812. The van der Waals surface area contributed by atoms with Gasteiger partial charge in [0.2, 0.25) is 0 Å². The van der Waals surface area contributed by atoms with Crippen LogP contribution < -0.4 is 5.32 Å². The van der Waals surface area contributed by atoms with E-state index in [9.17, 15) is 9.90 Å². The molecule has 0 bridgehead atoms. The van der Waals surface area contributed by atoms with Crippen molar-refractivity contribution in [3.63, 3.8) is 0 Å². The Morgan fingerprint density at radius 3 is 1.95 bits per heavy atom. The first-order valence-electron chi connectivity index (χ1n) is 7.00. The SMILES string of the molecule is CC(C)C[C@H](NC(=O)OC(C)(C)C)[C@@H](O)C(C)(C)C. The minimum atomic E-state index is -0.609. The van der Waals surface area contributed by atoms with Gasteiger partial charge in [0.05, 0.1) is 12.1 Å². The highest BCUT2D eigenvalue weighted by atomic mass is 16.6. The second-order valence-electron chi connectivity index (χ2n) is 7.69. The van der Waals surface area contributed by atoms with Gasteiger partial charge in [-0.15, -0.1) is 0 Å². The highest BCUT2D eigenvalue weighted by Crippen LogP contribution is 2.25. The standard InChI is InChI=1S/C15H31NO3/c1-10(2)9-11(12(17)14(3,4)5)16-13(18)19-15(6,7)8/h10-12,17H,9H2,1-8H3,(H,16,18)/t11-,12+/m0/s1. The maximum atomic E-state index is 11.8. The van der Waals surface area contributed by atoms with Gasteiger partial charge in [0.1, 0.15) is 5.60 Å². The summed E-state index contributed by atoms with van der Waals surface area (Å²) in [6.45, 7) is 15.5. The number of ether oxygens (including phenoxy) is 1. The van der Waals surface area contributed by atoms with E-state index < -0.39 is 17.8 Å². The first-order valence-corrected chi connectivity index (χ1v) is 7.00. The first-order chi connectivity index (χ1) is 8.33. The smallest absolute Gasteiger partial charge is 0.407 e. The molecule has 0 aliphatic heterocycles. The molecule has 2 atom stereocenters. The number of alkyl carbamates (subject to hydrolysis) is 1. The maximum absolute atomic E-state index is 11.8. The van der Waals surface area contributed by atoms with Gasteiger partial charge in [0, 0.05) is 0 Å². The number of carbonyl (C=O) groups is 1. The molecule has 0 unspecified atom stereocenters. The zero-order valence-corrected chi connectivity index (χ0v) is 13.7. The molecule has 0 saturated heterocycles. The molecule has 2 N–H and O–H groups in total. The Labute approximate surface area is 117 Å². The Bertz CT molecular complexity index is 287. The quantitative estimate of drug-likeness (QED) is 0.826. The Kier molecular flexibility index (Phi) is 6.33. The van der Waals surface area contributed by atoms with E-state index in [0.717, 1.165) is 6.42 Å². The van der Waals surface area contributed by atoms with E-state index in [1.54, 1.807) is 0 Å². The molecule has 0 aromatic rings. The molecule has 0 saturated carbocycles. The fourth-order valence-electron chi connectivity index (χ4n) is 1.84. The molecule has 4 heteroatoms. The molecule has 0 heterocycles. The van der Waals surface area contributed by atoms with E-state index in [0.29, 0.717) is 5.92 Å². The topological polar surface area (TPSA) is 58.6 Å². The van der Waals surface area contributed by atoms with Crippen LogP contribution in [0.25, 0.3) is 0 Å². The Morgan fingerprint density at radius 2 is 1.63 bits per heavy atom. The molecule has 114 valence electrons. The lowest BCUT2D eigenvalue weighted by Crippen LogP contribution is -2.50. The third-order valence-electron chi connectivity index (χ3n) is 2.70. The third kappa shape index (κ3) is 8.09. The summed E-state index contributed by atoms with van der Waals surface area (Å²) >= 11 is 0. The van der Waals surface area contributed by atoms with Crippen LogP contribution >= 0.6 is 0 Å². The number of hydrogen-bond donors (Lipinski definition) is 2. The van der Waals surface area contributed by atoms with E-state index in [1.165, 1.54) is 0 Å². The summed E-state index contributed by atoms with van der Waals surface area (Å²) in [6, 6.07) is -0.296. The van der Waals surface area contributed by atoms with Crippen LogP contribution in [-0.2, 0) is 4.74 Å². The predicted molar refractivity (Wildman–Crippen MR) is 78.1 cm³/mol. The molecular weight excluding hydrogens is 242 g/mol. The van der Waals surface area contributed by atoms with Crippen LogP contribution in [0.3, 0.4) is 0 Å². The minimum Gasteiger partial charge on any atom is -0.444 e. The second-order valence-corrected chi connectivity index (χ2v) is 7.69. The van der Waals surface area contributed by atoms with Gasteiger partial charge in [-0.3, -0.25) is 0 Å². The van der Waals surface area contributed by atoms with Crippen molar-refractivity contribution in [1.29, 1.82) is 0 Å². The van der Waals surface area contributed by atoms with Crippen molar-refractivity contribution in [1.82, 2.24) is 5.32 Å². The first kappa shape index (κ1) is 18.2. The summed E-state index contributed by atoms with van der Waals surface area (Å²) in [4.78, 5) is 11.8. The van der Waals surface area contributed by atoms with Gasteiger partial charge in [-0.25, -0.2) is 4.79 Å². The normalized spacial score (nSPS) is 16.1. The molecular formula is C15H31NO3. The lowest BCUT2D eigenvalue weighted by molar-refractivity contribution is 0.00939. The van der Waals surface area contributed by atoms with E-state index >= 15 is 0 Å². The Hall–Kier alpha value is -0.770. The van der Waals surface area contributed by atoms with Crippen molar-refractivity contribution in [3.8, 4) is 0 Å². The van der Waals surface area contributed by atoms with Crippen molar-refractivity contribution in [3.05, 3.63) is 0 Å². The molecule has 0 aromatic carbocycles. The molecule has 0 radical (unpaired) electrons. The summed E-state index contributed by atoms with van der Waals surface area (Å²) in [6.07, 6.45) is -0.360. The van der Waals surface area contributed by atoms with Crippen molar-refractivity contribution >= 4 is 6.09 Å². The molecule has 0 aliphatic rings. The number of aliphatic hydroxyl groups is 1. The second kappa shape index (κ2) is 6.60. The molecule has 19 heavy (non-hydrogen) atoms. The molecule has 0 rings (SSSR count). The number of carbonyl (C=O) groups excluding carboxylic acids is 1. The van der Waals surface area contributed by atoms with Crippen LogP contribution in [0.1, 0.15) is 61.8 Å². The van der Waals surface area contributed by atoms with Gasteiger partial charge in [0.15, 0.2) is 0 Å². The number of rotatable bonds is 4. The number of hydrogen-bond acceptors (Lipinski definition) is 3.